The largest absolute Gasteiger partial charge is 0.481 e. The number of aliphatic carboxylic acids is 1. The van der Waals surface area contributed by atoms with Crippen molar-refractivity contribution in [1.82, 2.24) is 4.72 Å². The van der Waals surface area contributed by atoms with Crippen molar-refractivity contribution in [3.63, 3.8) is 0 Å². The van der Waals surface area contributed by atoms with E-state index in [2.05, 4.69) is 4.72 Å². The van der Waals surface area contributed by atoms with Crippen LogP contribution in [0.25, 0.3) is 0 Å². The second-order valence-electron chi connectivity index (χ2n) is 4.39. The van der Waals surface area contributed by atoms with Gasteiger partial charge in [-0.2, -0.15) is 0 Å². The molecule has 0 fully saturated rings. The smallest absolute Gasteiger partial charge is 0.303 e. The number of hydrogen-bond acceptors (Lipinski definition) is 4. The van der Waals surface area contributed by atoms with E-state index < -0.39 is 16.0 Å². The minimum atomic E-state index is -3.23. The lowest BCUT2D eigenvalue weighted by Crippen LogP contribution is -2.28. The molecule has 1 unspecified atom stereocenters. The highest BCUT2D eigenvalue weighted by molar-refractivity contribution is 7.89. The van der Waals surface area contributed by atoms with Gasteiger partial charge in [-0.15, -0.1) is 0 Å². The first kappa shape index (κ1) is 17.3. The fourth-order valence-electron chi connectivity index (χ4n) is 1.44. The fourth-order valence-corrected chi connectivity index (χ4v) is 2.51. The lowest BCUT2D eigenvalue weighted by Gasteiger charge is -2.11. The van der Waals surface area contributed by atoms with Crippen molar-refractivity contribution in [3.8, 4) is 0 Å². The number of methoxy groups -OCH3 is 1. The second-order valence-corrected chi connectivity index (χ2v) is 6.31. The topological polar surface area (TPSA) is 92.7 Å². The fraction of sp³-hybridized carbons (Fsp3) is 0.909. The Bertz CT molecular complexity index is 328. The molecule has 0 aromatic rings. The van der Waals surface area contributed by atoms with Gasteiger partial charge in [0.1, 0.15) is 0 Å². The van der Waals surface area contributed by atoms with Crippen molar-refractivity contribution in [1.29, 1.82) is 0 Å². The standard InChI is InChI=1S/C11H23NO5S/c1-10(4-5-11(13)14)6-7-12-18(15,16)9-3-8-17-2/h10,12H,3-9H2,1-2H3,(H,13,14). The van der Waals surface area contributed by atoms with Gasteiger partial charge in [-0.3, -0.25) is 4.79 Å². The molecule has 0 aromatic heterocycles. The van der Waals surface area contributed by atoms with E-state index in [1.807, 2.05) is 6.92 Å². The van der Waals surface area contributed by atoms with Gasteiger partial charge in [0.25, 0.3) is 0 Å². The predicted octanol–water partition coefficient (Wildman–Crippen LogP) is 0.833. The Morgan fingerprint density at radius 2 is 2.06 bits per heavy atom. The van der Waals surface area contributed by atoms with Crippen molar-refractivity contribution >= 4 is 16.0 Å². The molecule has 0 heterocycles. The predicted molar refractivity (Wildman–Crippen MR) is 68.9 cm³/mol. The van der Waals surface area contributed by atoms with E-state index in [4.69, 9.17) is 9.84 Å². The molecule has 0 rings (SSSR count). The molecule has 0 saturated carbocycles. The maximum Gasteiger partial charge on any atom is 0.303 e. The molecule has 18 heavy (non-hydrogen) atoms. The van der Waals surface area contributed by atoms with Crippen LogP contribution in [0.2, 0.25) is 0 Å². The van der Waals surface area contributed by atoms with Gasteiger partial charge in [-0.25, -0.2) is 13.1 Å². The zero-order valence-corrected chi connectivity index (χ0v) is 11.8. The molecule has 7 heteroatoms. The number of carboxylic acid groups (broad SMARTS) is 1. The number of ether oxygens (including phenoxy) is 1. The molecule has 6 nitrogen and oxygen atoms in total. The average molecular weight is 281 g/mol. The Balaban J connectivity index is 3.71. The normalized spacial score (nSPS) is 13.4. The Morgan fingerprint density at radius 1 is 1.39 bits per heavy atom. The van der Waals surface area contributed by atoms with Crippen molar-refractivity contribution in [2.45, 2.75) is 32.6 Å². The monoisotopic (exact) mass is 281 g/mol. The van der Waals surface area contributed by atoms with Crippen molar-refractivity contribution in [3.05, 3.63) is 0 Å². The molecule has 0 amide bonds. The maximum absolute atomic E-state index is 11.5. The second kappa shape index (κ2) is 9.29. The number of sulfonamides is 1. The van der Waals surface area contributed by atoms with Gasteiger partial charge in [0.15, 0.2) is 0 Å². The Kier molecular flexibility index (Phi) is 8.95. The zero-order chi connectivity index (χ0) is 14.0. The van der Waals surface area contributed by atoms with E-state index in [-0.39, 0.29) is 18.1 Å². The SMILES string of the molecule is COCCCS(=O)(=O)NCCC(C)CCC(=O)O. The molecule has 0 radical (unpaired) electrons. The minimum Gasteiger partial charge on any atom is -0.481 e. The molecule has 108 valence electrons. The van der Waals surface area contributed by atoms with Crippen LogP contribution >= 0.6 is 0 Å². The molecule has 0 aliphatic heterocycles. The molecule has 0 spiro atoms. The van der Waals surface area contributed by atoms with E-state index in [1.165, 1.54) is 7.11 Å². The van der Waals surface area contributed by atoms with Crippen LogP contribution in [0.4, 0.5) is 0 Å². The van der Waals surface area contributed by atoms with Crippen LogP contribution in [0.1, 0.15) is 32.6 Å². The third-order valence-electron chi connectivity index (χ3n) is 2.57. The van der Waals surface area contributed by atoms with Gasteiger partial charge < -0.3 is 9.84 Å². The van der Waals surface area contributed by atoms with Gasteiger partial charge >= 0.3 is 5.97 Å². The molecule has 0 bridgehead atoms. The number of carboxylic acids is 1. The Labute approximate surface area is 109 Å². The first-order chi connectivity index (χ1) is 8.37. The minimum absolute atomic E-state index is 0.0599. The van der Waals surface area contributed by atoms with Crippen molar-refractivity contribution < 1.29 is 23.1 Å². The van der Waals surface area contributed by atoms with Crippen LogP contribution < -0.4 is 4.72 Å². The Morgan fingerprint density at radius 3 is 2.61 bits per heavy atom. The number of carbonyl (C=O) groups is 1. The van der Waals surface area contributed by atoms with Gasteiger partial charge in [-0.1, -0.05) is 6.92 Å². The summed E-state index contributed by atoms with van der Waals surface area (Å²) in [6.45, 7) is 2.70. The van der Waals surface area contributed by atoms with Crippen LogP contribution in [-0.2, 0) is 19.6 Å². The van der Waals surface area contributed by atoms with Gasteiger partial charge in [0.2, 0.25) is 10.0 Å². The summed E-state index contributed by atoms with van der Waals surface area (Å²) < 4.78 is 30.3. The van der Waals surface area contributed by atoms with Gasteiger partial charge in [0, 0.05) is 26.7 Å². The number of hydrogen-bond donors (Lipinski definition) is 2. The van der Waals surface area contributed by atoms with E-state index in [1.54, 1.807) is 0 Å². The summed E-state index contributed by atoms with van der Waals surface area (Å²) in [5.41, 5.74) is 0. The molecule has 0 aliphatic carbocycles. The molecular weight excluding hydrogens is 258 g/mol. The summed E-state index contributed by atoms with van der Waals surface area (Å²) in [6, 6.07) is 0. The highest BCUT2D eigenvalue weighted by Gasteiger charge is 2.11. The third-order valence-corrected chi connectivity index (χ3v) is 4.04. The first-order valence-corrected chi connectivity index (χ1v) is 7.70. The molecule has 0 saturated heterocycles. The molecular formula is C11H23NO5S. The number of rotatable bonds is 11. The zero-order valence-electron chi connectivity index (χ0n) is 11.0. The first-order valence-electron chi connectivity index (χ1n) is 6.05. The average Bonchev–Trinajstić information content (AvgIpc) is 2.26. The number of nitrogens with one attached hydrogen (secondary N) is 1. The summed E-state index contributed by atoms with van der Waals surface area (Å²) in [5, 5.41) is 8.51. The molecule has 0 aromatic carbocycles. The highest BCUT2D eigenvalue weighted by atomic mass is 32.2. The highest BCUT2D eigenvalue weighted by Crippen LogP contribution is 2.09. The van der Waals surface area contributed by atoms with Gasteiger partial charge in [-0.05, 0) is 25.2 Å². The van der Waals surface area contributed by atoms with E-state index in [0.29, 0.717) is 32.4 Å². The summed E-state index contributed by atoms with van der Waals surface area (Å²) >= 11 is 0. The quantitative estimate of drug-likeness (QED) is 0.547. The summed E-state index contributed by atoms with van der Waals surface area (Å²) in [4.78, 5) is 10.4. The van der Waals surface area contributed by atoms with Crippen molar-refractivity contribution in [2.75, 3.05) is 26.0 Å². The maximum atomic E-state index is 11.5. The molecule has 1 atom stereocenters. The van der Waals surface area contributed by atoms with Crippen LogP contribution in [-0.4, -0.2) is 45.5 Å². The van der Waals surface area contributed by atoms with E-state index in [0.717, 1.165) is 0 Å². The Hall–Kier alpha value is -0.660. The molecule has 0 aliphatic rings. The lowest BCUT2D eigenvalue weighted by molar-refractivity contribution is -0.137. The van der Waals surface area contributed by atoms with Gasteiger partial charge in [0.05, 0.1) is 5.75 Å². The molecule has 2 N–H and O–H groups in total. The van der Waals surface area contributed by atoms with Crippen LogP contribution in [0.5, 0.6) is 0 Å². The lowest BCUT2D eigenvalue weighted by atomic mass is 10.0. The van der Waals surface area contributed by atoms with Crippen molar-refractivity contribution in [2.24, 2.45) is 5.92 Å². The van der Waals surface area contributed by atoms with Crippen LogP contribution in [0.15, 0.2) is 0 Å². The summed E-state index contributed by atoms with van der Waals surface area (Å²) in [7, 11) is -1.70. The summed E-state index contributed by atoms with van der Waals surface area (Å²) in [5.74, 6) is -0.561. The third kappa shape index (κ3) is 10.5. The summed E-state index contributed by atoms with van der Waals surface area (Å²) in [6.07, 6.45) is 1.82. The van der Waals surface area contributed by atoms with E-state index in [9.17, 15) is 13.2 Å². The van der Waals surface area contributed by atoms with E-state index >= 15 is 0 Å². The van der Waals surface area contributed by atoms with Crippen LogP contribution in [0, 0.1) is 5.92 Å². The van der Waals surface area contributed by atoms with Crippen LogP contribution in [0.3, 0.4) is 0 Å².